The highest BCUT2D eigenvalue weighted by atomic mass is 127. The highest BCUT2D eigenvalue weighted by molar-refractivity contribution is 14.1. The Morgan fingerprint density at radius 1 is 1.50 bits per heavy atom. The zero-order chi connectivity index (χ0) is 9.14. The molecule has 1 aromatic rings. The van der Waals surface area contributed by atoms with Crippen molar-refractivity contribution in [2.45, 2.75) is 0 Å². The summed E-state index contributed by atoms with van der Waals surface area (Å²) in [6.07, 6.45) is 0. The Labute approximate surface area is 85.2 Å². The van der Waals surface area contributed by atoms with Crippen LogP contribution < -0.4 is 10.6 Å². The maximum absolute atomic E-state index is 7.23. The Balaban J connectivity index is 3.02. The first-order valence-corrected chi connectivity index (χ1v) is 4.53. The summed E-state index contributed by atoms with van der Waals surface area (Å²) >= 11 is 2.22. The van der Waals surface area contributed by atoms with Gasteiger partial charge >= 0.3 is 0 Å². The second kappa shape index (κ2) is 3.75. The Morgan fingerprint density at radius 2 is 2.08 bits per heavy atom. The highest BCUT2D eigenvalue weighted by Gasteiger charge is 2.05. The number of nitrogens with two attached hydrogens (primary N) is 1. The van der Waals surface area contributed by atoms with Crippen molar-refractivity contribution in [3.8, 4) is 0 Å². The fraction of sp³-hybridized carbons (Fsp3) is 0.125. The van der Waals surface area contributed by atoms with Crippen molar-refractivity contribution in [1.82, 2.24) is 0 Å². The van der Waals surface area contributed by atoms with E-state index >= 15 is 0 Å². The summed E-state index contributed by atoms with van der Waals surface area (Å²) in [4.78, 5) is 1.64. The Hall–Kier alpha value is -0.780. The zero-order valence-corrected chi connectivity index (χ0v) is 8.87. The summed E-state index contributed by atoms with van der Waals surface area (Å²) in [5, 5.41) is 7.23. The first-order chi connectivity index (χ1) is 5.63. The van der Waals surface area contributed by atoms with Crippen LogP contribution in [0.15, 0.2) is 24.3 Å². The Bertz CT molecular complexity index is 298. The van der Waals surface area contributed by atoms with E-state index in [9.17, 15) is 0 Å². The number of para-hydroxylation sites is 1. The van der Waals surface area contributed by atoms with Crippen LogP contribution in [0.2, 0.25) is 0 Å². The molecule has 1 rings (SSSR count). The van der Waals surface area contributed by atoms with E-state index in [4.69, 9.17) is 11.1 Å². The van der Waals surface area contributed by atoms with E-state index in [2.05, 4.69) is 22.6 Å². The molecule has 0 aromatic heterocycles. The molecule has 0 amide bonds. The molecule has 0 atom stereocenters. The van der Waals surface area contributed by atoms with Gasteiger partial charge in [-0.3, -0.25) is 5.41 Å². The fourth-order valence-electron chi connectivity index (χ4n) is 0.854. The number of nitrogens with zero attached hydrogens (tertiary/aromatic N) is 1. The maximum Gasteiger partial charge on any atom is 0.192 e. The zero-order valence-electron chi connectivity index (χ0n) is 6.71. The smallest absolute Gasteiger partial charge is 0.192 e. The van der Waals surface area contributed by atoms with Crippen LogP contribution in [0, 0.1) is 8.98 Å². The van der Waals surface area contributed by atoms with Gasteiger partial charge in [0, 0.05) is 10.6 Å². The summed E-state index contributed by atoms with van der Waals surface area (Å²) < 4.78 is 1.09. The number of guanidine groups is 1. The molecule has 4 heteroatoms. The van der Waals surface area contributed by atoms with Gasteiger partial charge in [0.15, 0.2) is 5.96 Å². The highest BCUT2D eigenvalue weighted by Crippen LogP contribution is 2.19. The summed E-state index contributed by atoms with van der Waals surface area (Å²) in [7, 11) is 1.78. The predicted molar refractivity (Wildman–Crippen MR) is 59.5 cm³/mol. The van der Waals surface area contributed by atoms with Gasteiger partial charge in [-0.1, -0.05) is 12.1 Å². The number of hydrogen-bond donors (Lipinski definition) is 2. The summed E-state index contributed by atoms with van der Waals surface area (Å²) in [6.45, 7) is 0. The summed E-state index contributed by atoms with van der Waals surface area (Å²) in [5.41, 5.74) is 6.31. The molecular formula is C8H10IN3. The van der Waals surface area contributed by atoms with Crippen LogP contribution in [0.5, 0.6) is 0 Å². The lowest BCUT2D eigenvalue weighted by Crippen LogP contribution is -2.33. The topological polar surface area (TPSA) is 53.1 Å². The predicted octanol–water partition coefficient (Wildman–Crippen LogP) is 1.62. The Morgan fingerprint density at radius 3 is 2.58 bits per heavy atom. The minimum absolute atomic E-state index is 0.0547. The van der Waals surface area contributed by atoms with E-state index in [0.29, 0.717) is 0 Å². The van der Waals surface area contributed by atoms with Crippen LogP contribution in [0.1, 0.15) is 0 Å². The lowest BCUT2D eigenvalue weighted by molar-refractivity contribution is 1.19. The molecule has 64 valence electrons. The molecule has 0 spiro atoms. The average Bonchev–Trinajstić information content (AvgIpc) is 2.04. The van der Waals surface area contributed by atoms with Gasteiger partial charge in [0.1, 0.15) is 0 Å². The minimum Gasteiger partial charge on any atom is -0.370 e. The number of rotatable bonds is 1. The normalized spacial score (nSPS) is 9.50. The number of anilines is 1. The molecular weight excluding hydrogens is 265 g/mol. The van der Waals surface area contributed by atoms with Crippen LogP contribution in [0.25, 0.3) is 0 Å². The van der Waals surface area contributed by atoms with E-state index in [0.717, 1.165) is 9.26 Å². The first-order valence-electron chi connectivity index (χ1n) is 3.45. The van der Waals surface area contributed by atoms with E-state index in [1.165, 1.54) is 0 Å². The van der Waals surface area contributed by atoms with Gasteiger partial charge in [0.25, 0.3) is 0 Å². The standard InChI is InChI=1S/C8H10IN3/c1-12(8(10)11)7-5-3-2-4-6(7)9/h2-5H,1H3,(H3,10,11). The van der Waals surface area contributed by atoms with Crippen LogP contribution >= 0.6 is 22.6 Å². The van der Waals surface area contributed by atoms with Gasteiger partial charge in [-0.2, -0.15) is 0 Å². The molecule has 0 unspecified atom stereocenters. The number of hydrogen-bond acceptors (Lipinski definition) is 1. The van der Waals surface area contributed by atoms with E-state index in [1.807, 2.05) is 24.3 Å². The van der Waals surface area contributed by atoms with Crippen molar-refractivity contribution in [1.29, 1.82) is 5.41 Å². The van der Waals surface area contributed by atoms with Crippen molar-refractivity contribution in [3.63, 3.8) is 0 Å². The van der Waals surface area contributed by atoms with E-state index < -0.39 is 0 Å². The van der Waals surface area contributed by atoms with Crippen molar-refractivity contribution < 1.29 is 0 Å². The minimum atomic E-state index is 0.0547. The van der Waals surface area contributed by atoms with Crippen molar-refractivity contribution in [3.05, 3.63) is 27.8 Å². The molecule has 3 N–H and O–H groups in total. The second-order valence-electron chi connectivity index (χ2n) is 2.40. The van der Waals surface area contributed by atoms with Gasteiger partial charge in [-0.25, -0.2) is 0 Å². The quantitative estimate of drug-likeness (QED) is 0.465. The van der Waals surface area contributed by atoms with Crippen LogP contribution in [-0.2, 0) is 0 Å². The monoisotopic (exact) mass is 275 g/mol. The molecule has 0 radical (unpaired) electrons. The molecule has 0 heterocycles. The molecule has 1 aromatic carbocycles. The van der Waals surface area contributed by atoms with Gasteiger partial charge in [-0.05, 0) is 34.7 Å². The molecule has 0 aliphatic heterocycles. The lowest BCUT2D eigenvalue weighted by Gasteiger charge is -2.17. The lowest BCUT2D eigenvalue weighted by atomic mass is 10.3. The van der Waals surface area contributed by atoms with Crippen molar-refractivity contribution in [2.75, 3.05) is 11.9 Å². The number of halogens is 1. The van der Waals surface area contributed by atoms with Crippen LogP contribution in [0.3, 0.4) is 0 Å². The second-order valence-corrected chi connectivity index (χ2v) is 3.56. The van der Waals surface area contributed by atoms with Gasteiger partial charge in [0.05, 0.1) is 5.69 Å². The largest absolute Gasteiger partial charge is 0.370 e. The molecule has 0 bridgehead atoms. The van der Waals surface area contributed by atoms with E-state index in [-0.39, 0.29) is 5.96 Å². The fourth-order valence-corrected chi connectivity index (χ4v) is 1.60. The maximum atomic E-state index is 7.23. The molecule has 0 saturated heterocycles. The third kappa shape index (κ3) is 1.88. The van der Waals surface area contributed by atoms with Gasteiger partial charge < -0.3 is 10.6 Å². The summed E-state index contributed by atoms with van der Waals surface area (Å²) in [5.74, 6) is 0.0547. The summed E-state index contributed by atoms with van der Waals surface area (Å²) in [6, 6.07) is 7.80. The van der Waals surface area contributed by atoms with Crippen molar-refractivity contribution >= 4 is 34.2 Å². The molecule has 3 nitrogen and oxygen atoms in total. The first kappa shape index (κ1) is 9.31. The molecule has 0 aliphatic rings. The van der Waals surface area contributed by atoms with Gasteiger partial charge in [0.2, 0.25) is 0 Å². The van der Waals surface area contributed by atoms with Gasteiger partial charge in [-0.15, -0.1) is 0 Å². The third-order valence-corrected chi connectivity index (χ3v) is 2.49. The molecule has 0 aliphatic carbocycles. The average molecular weight is 275 g/mol. The molecule has 0 fully saturated rings. The number of nitrogens with one attached hydrogen (secondary N) is 1. The molecule has 0 saturated carbocycles. The third-order valence-electron chi connectivity index (χ3n) is 1.58. The number of benzene rings is 1. The van der Waals surface area contributed by atoms with Crippen LogP contribution in [0.4, 0.5) is 5.69 Å². The van der Waals surface area contributed by atoms with Crippen molar-refractivity contribution in [2.24, 2.45) is 5.73 Å². The SMILES string of the molecule is CN(C(=N)N)c1ccccc1I. The molecule has 12 heavy (non-hydrogen) atoms. The Kier molecular flexibility index (Phi) is 2.91. The van der Waals surface area contributed by atoms with E-state index in [1.54, 1.807) is 11.9 Å². The van der Waals surface area contributed by atoms with Crippen LogP contribution in [-0.4, -0.2) is 13.0 Å².